The zero-order valence-corrected chi connectivity index (χ0v) is 9.72. The number of carboxylic acid groups (broad SMARTS) is 1. The fraction of sp³-hybridized carbons (Fsp3) is 0.273. The number of aliphatic carboxylic acids is 1. The molecular formula is C11H10F3NO4. The number of carboxylic acids is 1. The number of hydrogen-bond donors (Lipinski definition) is 1. The smallest absolute Gasteiger partial charge is 0.479 e. The summed E-state index contributed by atoms with van der Waals surface area (Å²) in [6.45, 7) is 0. The minimum atomic E-state index is -4.81. The molecule has 0 saturated carbocycles. The third kappa shape index (κ3) is 4.16. The van der Waals surface area contributed by atoms with Crippen molar-refractivity contribution in [2.24, 2.45) is 0 Å². The number of ether oxygens (including phenoxy) is 1. The second kappa shape index (κ2) is 5.59. The standard InChI is InChI=1S/C11H10F3NO4/c1-15(6-16)9(10(17)18)7-2-4-8(5-3-7)19-11(12,13)14/h2-6,9H,1H3,(H,17,18). The minimum absolute atomic E-state index is 0.164. The normalized spacial score (nSPS) is 12.6. The number of amides is 1. The van der Waals surface area contributed by atoms with Crippen LogP contribution < -0.4 is 4.74 Å². The second-order valence-electron chi connectivity index (χ2n) is 3.63. The van der Waals surface area contributed by atoms with Crippen molar-refractivity contribution in [1.82, 2.24) is 4.90 Å². The fourth-order valence-corrected chi connectivity index (χ4v) is 1.46. The number of halogens is 3. The Balaban J connectivity index is 2.96. The van der Waals surface area contributed by atoms with Crippen LogP contribution in [0.4, 0.5) is 13.2 Å². The number of carbonyl (C=O) groups is 2. The first kappa shape index (κ1) is 14.8. The highest BCUT2D eigenvalue weighted by Crippen LogP contribution is 2.25. The molecule has 0 radical (unpaired) electrons. The van der Waals surface area contributed by atoms with Gasteiger partial charge in [0.2, 0.25) is 6.41 Å². The van der Waals surface area contributed by atoms with Gasteiger partial charge in [0.1, 0.15) is 5.75 Å². The molecule has 1 atom stereocenters. The van der Waals surface area contributed by atoms with Gasteiger partial charge in [-0.05, 0) is 17.7 Å². The first-order chi connectivity index (χ1) is 8.74. The average Bonchev–Trinajstić information content (AvgIpc) is 2.29. The SMILES string of the molecule is CN(C=O)C(C(=O)O)c1ccc(OC(F)(F)F)cc1. The highest BCUT2D eigenvalue weighted by atomic mass is 19.4. The lowest BCUT2D eigenvalue weighted by molar-refractivity contribution is -0.274. The second-order valence-corrected chi connectivity index (χ2v) is 3.63. The van der Waals surface area contributed by atoms with Crippen molar-refractivity contribution in [1.29, 1.82) is 0 Å². The summed E-state index contributed by atoms with van der Waals surface area (Å²) >= 11 is 0. The molecule has 104 valence electrons. The third-order valence-electron chi connectivity index (χ3n) is 2.24. The van der Waals surface area contributed by atoms with Crippen LogP contribution in [0, 0.1) is 0 Å². The van der Waals surface area contributed by atoms with Crippen LogP contribution in [0.2, 0.25) is 0 Å². The Morgan fingerprint density at radius 2 is 1.89 bits per heavy atom. The number of benzene rings is 1. The maximum absolute atomic E-state index is 11.9. The molecule has 0 aromatic heterocycles. The van der Waals surface area contributed by atoms with Crippen LogP contribution in [0.5, 0.6) is 5.75 Å². The van der Waals surface area contributed by atoms with E-state index in [1.165, 1.54) is 7.05 Å². The molecule has 8 heteroatoms. The molecule has 0 aliphatic carbocycles. The summed E-state index contributed by atoms with van der Waals surface area (Å²) in [5, 5.41) is 8.97. The van der Waals surface area contributed by atoms with Gasteiger partial charge in [0.25, 0.3) is 0 Å². The molecule has 1 rings (SSSR count). The molecule has 0 spiro atoms. The molecule has 5 nitrogen and oxygen atoms in total. The maximum Gasteiger partial charge on any atom is 0.573 e. The number of rotatable bonds is 5. The van der Waals surface area contributed by atoms with E-state index in [0.717, 1.165) is 29.2 Å². The van der Waals surface area contributed by atoms with Crippen molar-refractivity contribution >= 4 is 12.4 Å². The topological polar surface area (TPSA) is 66.8 Å². The predicted molar refractivity (Wildman–Crippen MR) is 57.3 cm³/mol. The summed E-state index contributed by atoms with van der Waals surface area (Å²) in [4.78, 5) is 22.5. The van der Waals surface area contributed by atoms with E-state index in [4.69, 9.17) is 5.11 Å². The van der Waals surface area contributed by atoms with E-state index < -0.39 is 24.1 Å². The van der Waals surface area contributed by atoms with Gasteiger partial charge in [0.05, 0.1) is 0 Å². The van der Waals surface area contributed by atoms with E-state index >= 15 is 0 Å². The third-order valence-corrected chi connectivity index (χ3v) is 2.24. The molecule has 1 unspecified atom stereocenters. The van der Waals surface area contributed by atoms with E-state index in [1.54, 1.807) is 0 Å². The van der Waals surface area contributed by atoms with Gasteiger partial charge in [0, 0.05) is 7.05 Å². The van der Waals surface area contributed by atoms with Crippen molar-refractivity contribution < 1.29 is 32.6 Å². The van der Waals surface area contributed by atoms with Crippen LogP contribution >= 0.6 is 0 Å². The summed E-state index contributed by atoms with van der Waals surface area (Å²) in [7, 11) is 1.26. The zero-order chi connectivity index (χ0) is 14.6. The molecule has 0 saturated heterocycles. The molecular weight excluding hydrogens is 267 g/mol. The van der Waals surface area contributed by atoms with E-state index in [-0.39, 0.29) is 5.56 Å². The first-order valence-electron chi connectivity index (χ1n) is 5.00. The first-order valence-corrected chi connectivity index (χ1v) is 5.00. The van der Waals surface area contributed by atoms with Gasteiger partial charge in [-0.1, -0.05) is 12.1 Å². The van der Waals surface area contributed by atoms with Crippen molar-refractivity contribution in [2.45, 2.75) is 12.4 Å². The molecule has 0 fully saturated rings. The summed E-state index contributed by atoms with van der Waals surface area (Å²) < 4.78 is 39.5. The van der Waals surface area contributed by atoms with Gasteiger partial charge in [-0.25, -0.2) is 4.79 Å². The fourth-order valence-electron chi connectivity index (χ4n) is 1.46. The van der Waals surface area contributed by atoms with Crippen LogP contribution in [0.15, 0.2) is 24.3 Å². The highest BCUT2D eigenvalue weighted by molar-refractivity contribution is 5.78. The highest BCUT2D eigenvalue weighted by Gasteiger charge is 2.31. The van der Waals surface area contributed by atoms with Gasteiger partial charge in [-0.15, -0.1) is 13.2 Å². The number of hydrogen-bond acceptors (Lipinski definition) is 3. The molecule has 0 aliphatic heterocycles. The monoisotopic (exact) mass is 277 g/mol. The molecule has 0 aliphatic rings. The number of nitrogens with zero attached hydrogens (tertiary/aromatic N) is 1. The number of alkyl halides is 3. The van der Waals surface area contributed by atoms with Crippen molar-refractivity contribution in [2.75, 3.05) is 7.05 Å². The number of likely N-dealkylation sites (N-methyl/N-ethyl adjacent to an activating group) is 1. The van der Waals surface area contributed by atoms with Gasteiger partial charge in [0.15, 0.2) is 6.04 Å². The van der Waals surface area contributed by atoms with Crippen molar-refractivity contribution in [3.8, 4) is 5.75 Å². The Labute approximate surface area is 106 Å². The zero-order valence-electron chi connectivity index (χ0n) is 9.72. The van der Waals surface area contributed by atoms with Crippen LogP contribution in [0.25, 0.3) is 0 Å². The summed E-state index contributed by atoms with van der Waals surface area (Å²) in [6, 6.07) is 3.01. The quantitative estimate of drug-likeness (QED) is 0.833. The molecule has 0 bridgehead atoms. The van der Waals surface area contributed by atoms with E-state index in [9.17, 15) is 22.8 Å². The Hall–Kier alpha value is -2.25. The average molecular weight is 277 g/mol. The van der Waals surface area contributed by atoms with Gasteiger partial charge in [-0.3, -0.25) is 4.79 Å². The van der Waals surface area contributed by atoms with Gasteiger partial charge in [-0.2, -0.15) is 0 Å². The van der Waals surface area contributed by atoms with E-state index in [1.807, 2.05) is 0 Å². The van der Waals surface area contributed by atoms with Crippen molar-refractivity contribution in [3.63, 3.8) is 0 Å². The van der Waals surface area contributed by atoms with Crippen LogP contribution in [0.1, 0.15) is 11.6 Å². The molecule has 1 aromatic rings. The van der Waals surface area contributed by atoms with Crippen LogP contribution in [-0.4, -0.2) is 35.8 Å². The Morgan fingerprint density at radius 3 is 2.26 bits per heavy atom. The molecule has 0 heterocycles. The van der Waals surface area contributed by atoms with E-state index in [0.29, 0.717) is 6.41 Å². The molecule has 1 aromatic carbocycles. The maximum atomic E-state index is 11.9. The minimum Gasteiger partial charge on any atom is -0.479 e. The summed E-state index contributed by atoms with van der Waals surface area (Å²) in [5.41, 5.74) is 0.164. The van der Waals surface area contributed by atoms with Gasteiger partial charge >= 0.3 is 12.3 Å². The lowest BCUT2D eigenvalue weighted by atomic mass is 10.1. The summed E-state index contributed by atoms with van der Waals surface area (Å²) in [6.07, 6.45) is -4.49. The predicted octanol–water partition coefficient (Wildman–Crippen LogP) is 1.80. The molecule has 1 N–H and O–H groups in total. The Morgan fingerprint density at radius 1 is 1.37 bits per heavy atom. The molecule has 19 heavy (non-hydrogen) atoms. The largest absolute Gasteiger partial charge is 0.573 e. The summed E-state index contributed by atoms with van der Waals surface area (Å²) in [5.74, 6) is -1.76. The lowest BCUT2D eigenvalue weighted by Gasteiger charge is -2.21. The van der Waals surface area contributed by atoms with Crippen LogP contribution in [-0.2, 0) is 9.59 Å². The number of carbonyl (C=O) groups excluding carboxylic acids is 1. The van der Waals surface area contributed by atoms with Crippen molar-refractivity contribution in [3.05, 3.63) is 29.8 Å². The van der Waals surface area contributed by atoms with E-state index in [2.05, 4.69) is 4.74 Å². The molecule has 1 amide bonds. The van der Waals surface area contributed by atoms with Crippen LogP contribution in [0.3, 0.4) is 0 Å². The lowest BCUT2D eigenvalue weighted by Crippen LogP contribution is -2.29. The Bertz CT molecular complexity index is 458. The van der Waals surface area contributed by atoms with Gasteiger partial charge < -0.3 is 14.7 Å². The Kier molecular flexibility index (Phi) is 4.36.